The number of fused-ring (bicyclic) bond motifs is 3. The Morgan fingerprint density at radius 3 is 1.50 bits per heavy atom. The van der Waals surface area contributed by atoms with Crippen LogP contribution in [0.15, 0.2) is 115 Å². The second-order valence-corrected chi connectivity index (χ2v) is 27.2. The molecule has 0 aliphatic carbocycles. The van der Waals surface area contributed by atoms with Crippen LogP contribution in [0.5, 0.6) is 40.2 Å². The van der Waals surface area contributed by atoms with Gasteiger partial charge in [0.25, 0.3) is 0 Å². The zero-order valence-corrected chi connectivity index (χ0v) is 61.3. The zero-order chi connectivity index (χ0) is 68.2. The van der Waals surface area contributed by atoms with Crippen LogP contribution in [-0.4, -0.2) is 71.8 Å². The molecule has 0 unspecified atom stereocenters. The van der Waals surface area contributed by atoms with Gasteiger partial charge in [-0.05, 0) is 255 Å². The molecule has 11 rings (SSSR count). The van der Waals surface area contributed by atoms with Gasteiger partial charge in [-0.25, -0.2) is 0 Å². The Bertz CT molecular complexity index is 3610. The number of aromatic hydroxyl groups is 3. The van der Waals surface area contributed by atoms with E-state index in [-0.39, 0.29) is 42.2 Å². The van der Waals surface area contributed by atoms with E-state index in [9.17, 15) is 10.2 Å². The number of aliphatic hydroxyl groups excluding tert-OH is 1. The van der Waals surface area contributed by atoms with Gasteiger partial charge in [0.15, 0.2) is 0 Å². The largest absolute Gasteiger partial charge is 0.506 e. The van der Waals surface area contributed by atoms with Crippen molar-refractivity contribution in [2.24, 2.45) is 0 Å². The number of allylic oxidation sites excluding steroid dienone is 1. The first-order valence-electron chi connectivity index (χ1n) is 30.4. The summed E-state index contributed by atoms with van der Waals surface area (Å²) in [6, 6.07) is 25.8. The van der Waals surface area contributed by atoms with Crippen LogP contribution in [0.3, 0.4) is 0 Å². The van der Waals surface area contributed by atoms with Gasteiger partial charge in [0.05, 0.1) is 66.2 Å². The van der Waals surface area contributed by atoms with Crippen molar-refractivity contribution in [3.63, 3.8) is 0 Å². The monoisotopic (exact) mass is 1460 g/mol. The van der Waals surface area contributed by atoms with Crippen LogP contribution in [0.1, 0.15) is 120 Å². The summed E-state index contributed by atoms with van der Waals surface area (Å²) in [7, 11) is -0.375. The smallest absolute Gasteiger partial charge is 0.495 e. The average molecular weight is 1460 g/mol. The Balaban J connectivity index is 0.000000198. The van der Waals surface area contributed by atoms with Crippen molar-refractivity contribution in [3.8, 4) is 40.2 Å². The molecule has 19 heteroatoms. The summed E-state index contributed by atoms with van der Waals surface area (Å²) in [5.74, 6) is 3.82. The first-order valence-corrected chi connectivity index (χ1v) is 33.8. The fourth-order valence-electron chi connectivity index (χ4n) is 9.99. The Hall–Kier alpha value is -4.93. The minimum Gasteiger partial charge on any atom is -0.506 e. The van der Waals surface area contributed by atoms with Gasteiger partial charge in [-0.1, -0.05) is 146 Å². The number of aliphatic hydroxyl groups is 1. The third-order valence-corrected chi connectivity index (χ3v) is 19.0. The maximum absolute atomic E-state index is 9.59. The van der Waals surface area contributed by atoms with Gasteiger partial charge in [-0.2, -0.15) is 0 Å². The van der Waals surface area contributed by atoms with E-state index in [4.69, 9.17) is 120 Å². The summed E-state index contributed by atoms with van der Waals surface area (Å²) in [6.45, 7) is 32.4. The lowest BCUT2D eigenvalue weighted by atomic mass is 9.74. The molecular weight excluding hydrogens is 1380 g/mol. The number of hydrogen-bond donors (Lipinski definition) is 4. The number of hydrogen-bond acceptors (Lipinski definition) is 10. The highest BCUT2D eigenvalue weighted by Gasteiger charge is 2.52. The third-order valence-electron chi connectivity index (χ3n) is 16.0. The number of phenolic OH excluding ortho intramolecular Hbond substituents is 3. The SMILES string of the molecule is C=CCOc1cc(C)ccc1Cl.C=CCc1c(C)ccc(Cl)c1O.Cc1c(B2OC(C)(C)C(C)(C)O2)cc(Cl)c2c1CCCO2.Cc1c(Br)cc(Cl)c2c1CCCO2.Cc1ccc(Cl)c(O)c1.Cc1ccc(Cl)c(O)c1CCCO.Cc1ccc(Cl)c2c1CCCO2. The van der Waals surface area contributed by atoms with E-state index < -0.39 is 0 Å². The van der Waals surface area contributed by atoms with Gasteiger partial charge in [0.1, 0.15) is 46.9 Å². The van der Waals surface area contributed by atoms with Crippen molar-refractivity contribution in [2.45, 2.75) is 145 Å². The number of aryl methyl sites for hydroxylation is 5. The molecular formula is C73H85BBrCl7O10. The topological polar surface area (TPSA) is 136 Å². The molecule has 1 fully saturated rings. The summed E-state index contributed by atoms with van der Waals surface area (Å²) in [4.78, 5) is 0. The van der Waals surface area contributed by atoms with E-state index in [0.717, 1.165) is 130 Å². The highest BCUT2D eigenvalue weighted by Crippen LogP contribution is 2.42. The van der Waals surface area contributed by atoms with Crippen molar-refractivity contribution < 1.29 is 48.7 Å². The van der Waals surface area contributed by atoms with Gasteiger partial charge < -0.3 is 48.7 Å². The van der Waals surface area contributed by atoms with Crippen LogP contribution in [-0.2, 0) is 41.4 Å². The predicted octanol–water partition coefficient (Wildman–Crippen LogP) is 20.9. The van der Waals surface area contributed by atoms with Crippen molar-refractivity contribution in [1.29, 1.82) is 0 Å². The first kappa shape index (κ1) is 77.8. The van der Waals surface area contributed by atoms with Gasteiger partial charge in [-0.3, -0.25) is 0 Å². The highest BCUT2D eigenvalue weighted by atomic mass is 79.9. The second-order valence-electron chi connectivity index (χ2n) is 23.5. The zero-order valence-electron chi connectivity index (χ0n) is 54.4. The van der Waals surface area contributed by atoms with Gasteiger partial charge in [-0.15, -0.1) is 6.58 Å². The minimum absolute atomic E-state index is 0.130. The summed E-state index contributed by atoms with van der Waals surface area (Å²) in [6.07, 6.45) is 11.8. The fraction of sp³-hybridized carbons (Fsp3) is 0.370. The number of phenols is 3. The van der Waals surface area contributed by atoms with E-state index in [2.05, 4.69) is 83.6 Å². The van der Waals surface area contributed by atoms with E-state index in [1.54, 1.807) is 36.4 Å². The molecule has 0 atom stereocenters. The van der Waals surface area contributed by atoms with Gasteiger partial charge in [0, 0.05) is 16.6 Å². The molecule has 0 bridgehead atoms. The molecule has 496 valence electrons. The van der Waals surface area contributed by atoms with Crippen LogP contribution in [0, 0.1) is 48.5 Å². The quantitative estimate of drug-likeness (QED) is 0.0817. The summed E-state index contributed by atoms with van der Waals surface area (Å²) >= 11 is 44.8. The summed E-state index contributed by atoms with van der Waals surface area (Å²) < 4.78 is 35.5. The molecule has 0 saturated carbocycles. The molecule has 0 aromatic heterocycles. The molecule has 4 heterocycles. The lowest BCUT2D eigenvalue weighted by molar-refractivity contribution is 0.00578. The summed E-state index contributed by atoms with van der Waals surface area (Å²) in [5.41, 5.74) is 13.7. The molecule has 0 spiro atoms. The van der Waals surface area contributed by atoms with Crippen molar-refractivity contribution in [2.75, 3.05) is 33.0 Å². The fourth-order valence-corrected chi connectivity index (χ4v) is 12.0. The molecule has 92 heavy (non-hydrogen) atoms. The first-order chi connectivity index (χ1) is 43.5. The molecule has 7 aromatic rings. The van der Waals surface area contributed by atoms with Gasteiger partial charge in [0.2, 0.25) is 0 Å². The second kappa shape index (κ2) is 36.8. The maximum atomic E-state index is 9.59. The summed E-state index contributed by atoms with van der Waals surface area (Å²) in [5, 5.41) is 40.7. The standard InChI is InChI=1S/C16H22BClO3.C10H10BrClO.C10H13ClO2.3C10H11ClO.C7H7ClO/c1-10-11-7-6-8-19-14(11)13(18)9-12(10)17-20-15(2,3)16(4,5)21-17;1-6-7-3-2-4-13-10(7)9(12)5-8(6)11;1-7-4-5-9(11)10(13)8(7)3-2-6-12;1-7-4-5-9(11)10-8(7)3-2-6-12-10;1-3-6-12-10-7-8(2)4-5-9(10)11;1-3-4-8-7(2)5-6-9(11)10(8)12;1-5-2-3-6(8)7(9)4-5/h9H,6-8H2,1-5H3;5H,2-4H2,1H3;4-5,12-13H,2-3,6H2,1H3;4-5H,2-3,6H2,1H3;3-5,7H,1,6H2,2H3;3,5-6,12H,1,4H2,2H3;2-4,9H,1H3. The Morgan fingerprint density at radius 1 is 0.533 bits per heavy atom. The number of ether oxygens (including phenoxy) is 4. The van der Waals surface area contributed by atoms with E-state index in [1.165, 1.54) is 33.4 Å². The number of halogens is 8. The molecule has 0 amide bonds. The van der Waals surface area contributed by atoms with E-state index in [0.29, 0.717) is 56.0 Å². The lowest BCUT2D eigenvalue weighted by Gasteiger charge is -2.32. The average Bonchev–Trinajstić information content (AvgIpc) is 1.57. The number of benzene rings is 7. The van der Waals surface area contributed by atoms with Crippen molar-refractivity contribution >= 4 is 110 Å². The Kier molecular flexibility index (Phi) is 31.1. The van der Waals surface area contributed by atoms with E-state index in [1.807, 2.05) is 82.3 Å². The number of rotatable bonds is 9. The highest BCUT2D eigenvalue weighted by molar-refractivity contribution is 9.10. The van der Waals surface area contributed by atoms with Gasteiger partial charge >= 0.3 is 7.12 Å². The minimum atomic E-state index is -0.375. The molecule has 4 N–H and O–H groups in total. The molecule has 4 aliphatic heterocycles. The van der Waals surface area contributed by atoms with Crippen LogP contribution < -0.4 is 24.4 Å². The maximum Gasteiger partial charge on any atom is 0.495 e. The van der Waals surface area contributed by atoms with Crippen molar-refractivity contribution in [1.82, 2.24) is 0 Å². The van der Waals surface area contributed by atoms with Crippen LogP contribution in [0.4, 0.5) is 0 Å². The van der Waals surface area contributed by atoms with Crippen LogP contribution in [0.2, 0.25) is 35.2 Å². The Morgan fingerprint density at radius 2 is 0.989 bits per heavy atom. The Labute approximate surface area is 588 Å². The molecule has 1 saturated heterocycles. The molecule has 7 aromatic carbocycles. The van der Waals surface area contributed by atoms with Crippen LogP contribution in [0.25, 0.3) is 0 Å². The molecule has 4 aliphatic rings. The molecule has 0 radical (unpaired) electrons. The van der Waals surface area contributed by atoms with E-state index >= 15 is 0 Å². The van der Waals surface area contributed by atoms with Crippen LogP contribution >= 0.6 is 97.1 Å². The predicted molar refractivity (Wildman–Crippen MR) is 388 cm³/mol. The normalized spacial score (nSPS) is 14.2. The third kappa shape index (κ3) is 21.5. The molecule has 10 nitrogen and oxygen atoms in total. The lowest BCUT2D eigenvalue weighted by Crippen LogP contribution is -2.41. The van der Waals surface area contributed by atoms with Crippen molar-refractivity contribution in [3.05, 3.63) is 217 Å².